The van der Waals surface area contributed by atoms with Gasteiger partial charge in [-0.2, -0.15) is 0 Å². The summed E-state index contributed by atoms with van der Waals surface area (Å²) in [4.78, 5) is 0. The van der Waals surface area contributed by atoms with Gasteiger partial charge in [0.25, 0.3) is 0 Å². The maximum absolute atomic E-state index is 5.74. The Morgan fingerprint density at radius 3 is 2.53 bits per heavy atom. The Morgan fingerprint density at radius 1 is 1.18 bits per heavy atom. The Kier molecular flexibility index (Phi) is 2.65. The fraction of sp³-hybridized carbons (Fsp3) is 0.385. The average molecular weight is 228 g/mol. The number of nitrogens with zero attached hydrogens (tertiary/aromatic N) is 3. The van der Waals surface area contributed by atoms with Crippen LogP contribution in [0.25, 0.3) is 5.69 Å². The third-order valence-corrected chi connectivity index (χ3v) is 3.42. The van der Waals surface area contributed by atoms with Crippen LogP contribution in [0.15, 0.2) is 30.3 Å². The van der Waals surface area contributed by atoms with Crippen LogP contribution in [-0.2, 0) is 6.54 Å². The summed E-state index contributed by atoms with van der Waals surface area (Å²) in [5, 5.41) is 8.52. The Balaban J connectivity index is 2.09. The topological polar surface area (TPSA) is 56.7 Å². The molecule has 4 nitrogen and oxygen atoms in total. The molecule has 1 aromatic carbocycles. The molecule has 17 heavy (non-hydrogen) atoms. The average Bonchev–Trinajstić information content (AvgIpc) is 2.71. The fourth-order valence-corrected chi connectivity index (χ4v) is 2.25. The predicted molar refractivity (Wildman–Crippen MR) is 65.8 cm³/mol. The Labute approximate surface area is 100 Å². The molecule has 2 N–H and O–H groups in total. The number of hydrogen-bond acceptors (Lipinski definition) is 3. The minimum Gasteiger partial charge on any atom is -0.324 e. The van der Waals surface area contributed by atoms with Gasteiger partial charge in [0.05, 0.1) is 6.54 Å². The monoisotopic (exact) mass is 228 g/mol. The molecule has 0 amide bonds. The molecule has 2 aromatic rings. The summed E-state index contributed by atoms with van der Waals surface area (Å²) in [6.07, 6.45) is 3.73. The van der Waals surface area contributed by atoms with E-state index in [1.54, 1.807) is 0 Å². The van der Waals surface area contributed by atoms with Crippen molar-refractivity contribution in [3.63, 3.8) is 0 Å². The number of hydrogen-bond donors (Lipinski definition) is 1. The fourth-order valence-electron chi connectivity index (χ4n) is 2.25. The molecule has 4 heteroatoms. The van der Waals surface area contributed by atoms with Crippen molar-refractivity contribution in [3.05, 3.63) is 42.0 Å². The van der Waals surface area contributed by atoms with E-state index in [9.17, 15) is 0 Å². The van der Waals surface area contributed by atoms with E-state index < -0.39 is 0 Å². The van der Waals surface area contributed by atoms with Gasteiger partial charge in [0, 0.05) is 11.6 Å². The van der Waals surface area contributed by atoms with E-state index in [2.05, 4.69) is 26.9 Å². The second kappa shape index (κ2) is 4.30. The van der Waals surface area contributed by atoms with Crippen LogP contribution in [0, 0.1) is 0 Å². The summed E-state index contributed by atoms with van der Waals surface area (Å²) in [5.74, 6) is 2.48. The molecule has 0 spiro atoms. The zero-order chi connectivity index (χ0) is 11.7. The van der Waals surface area contributed by atoms with Crippen LogP contribution >= 0.6 is 0 Å². The third kappa shape index (κ3) is 1.74. The minimum atomic E-state index is 0.425. The van der Waals surface area contributed by atoms with E-state index in [1.165, 1.54) is 19.3 Å². The highest BCUT2D eigenvalue weighted by molar-refractivity contribution is 5.34. The lowest BCUT2D eigenvalue weighted by molar-refractivity contribution is 0.396. The second-order valence-corrected chi connectivity index (χ2v) is 4.48. The molecular formula is C13H16N4. The lowest BCUT2D eigenvalue weighted by Crippen LogP contribution is -2.16. The van der Waals surface area contributed by atoms with Gasteiger partial charge in [0.15, 0.2) is 5.82 Å². The first-order valence-corrected chi connectivity index (χ1v) is 6.10. The predicted octanol–water partition coefficient (Wildman–Crippen LogP) is 1.99. The molecule has 0 saturated heterocycles. The molecule has 88 valence electrons. The van der Waals surface area contributed by atoms with Gasteiger partial charge in [-0.1, -0.05) is 24.6 Å². The summed E-state index contributed by atoms with van der Waals surface area (Å²) in [5.41, 5.74) is 6.85. The van der Waals surface area contributed by atoms with Crippen molar-refractivity contribution in [2.24, 2.45) is 5.73 Å². The van der Waals surface area contributed by atoms with E-state index in [4.69, 9.17) is 5.73 Å². The quantitative estimate of drug-likeness (QED) is 0.874. The van der Waals surface area contributed by atoms with Crippen molar-refractivity contribution in [1.29, 1.82) is 0 Å². The maximum Gasteiger partial charge on any atom is 0.151 e. The van der Waals surface area contributed by atoms with Crippen molar-refractivity contribution in [1.82, 2.24) is 14.8 Å². The normalized spacial score (nSPS) is 15.8. The van der Waals surface area contributed by atoms with Gasteiger partial charge in [-0.3, -0.25) is 4.57 Å². The first-order chi connectivity index (χ1) is 8.40. The summed E-state index contributed by atoms with van der Waals surface area (Å²) >= 11 is 0. The highest BCUT2D eigenvalue weighted by atomic mass is 15.3. The number of aromatic nitrogens is 3. The third-order valence-electron chi connectivity index (χ3n) is 3.42. The van der Waals surface area contributed by atoms with E-state index in [0.29, 0.717) is 12.5 Å². The van der Waals surface area contributed by atoms with Crippen molar-refractivity contribution in [2.75, 3.05) is 0 Å². The molecule has 3 rings (SSSR count). The van der Waals surface area contributed by atoms with Crippen molar-refractivity contribution in [3.8, 4) is 5.69 Å². The SMILES string of the molecule is NCc1nnc(C2CCC2)n1-c1ccccc1. The van der Waals surface area contributed by atoms with Crippen LogP contribution in [0.3, 0.4) is 0 Å². The van der Waals surface area contributed by atoms with Crippen LogP contribution in [0.4, 0.5) is 0 Å². The molecule has 1 fully saturated rings. The van der Waals surface area contributed by atoms with Gasteiger partial charge in [0.1, 0.15) is 5.82 Å². The molecule has 0 atom stereocenters. The van der Waals surface area contributed by atoms with Crippen LogP contribution in [-0.4, -0.2) is 14.8 Å². The van der Waals surface area contributed by atoms with Gasteiger partial charge in [-0.25, -0.2) is 0 Å². The largest absolute Gasteiger partial charge is 0.324 e. The highest BCUT2D eigenvalue weighted by Gasteiger charge is 2.26. The molecule has 1 heterocycles. The summed E-state index contributed by atoms with van der Waals surface area (Å²) < 4.78 is 2.11. The van der Waals surface area contributed by atoms with Gasteiger partial charge < -0.3 is 5.73 Å². The van der Waals surface area contributed by atoms with Crippen LogP contribution in [0.2, 0.25) is 0 Å². The molecule has 1 aliphatic rings. The molecule has 1 aromatic heterocycles. The van der Waals surface area contributed by atoms with E-state index >= 15 is 0 Å². The van der Waals surface area contributed by atoms with Crippen molar-refractivity contribution >= 4 is 0 Å². The summed E-state index contributed by atoms with van der Waals surface area (Å²) in [6, 6.07) is 10.2. The van der Waals surface area contributed by atoms with Crippen LogP contribution < -0.4 is 5.73 Å². The molecule has 1 aliphatic carbocycles. The highest BCUT2D eigenvalue weighted by Crippen LogP contribution is 2.36. The van der Waals surface area contributed by atoms with Crippen molar-refractivity contribution < 1.29 is 0 Å². The Bertz CT molecular complexity index is 499. The zero-order valence-electron chi connectivity index (χ0n) is 9.71. The minimum absolute atomic E-state index is 0.425. The molecule has 0 bridgehead atoms. The smallest absolute Gasteiger partial charge is 0.151 e. The van der Waals surface area contributed by atoms with Gasteiger partial charge in [-0.15, -0.1) is 10.2 Å². The number of para-hydroxylation sites is 1. The first kappa shape index (κ1) is 10.5. The van der Waals surface area contributed by atoms with Crippen LogP contribution in [0.1, 0.15) is 36.8 Å². The Morgan fingerprint density at radius 2 is 1.94 bits per heavy atom. The lowest BCUT2D eigenvalue weighted by Gasteiger charge is -2.25. The molecule has 0 unspecified atom stereocenters. The van der Waals surface area contributed by atoms with Gasteiger partial charge >= 0.3 is 0 Å². The first-order valence-electron chi connectivity index (χ1n) is 6.10. The number of nitrogens with two attached hydrogens (primary N) is 1. The van der Waals surface area contributed by atoms with E-state index in [0.717, 1.165) is 17.3 Å². The lowest BCUT2D eigenvalue weighted by atomic mass is 9.85. The van der Waals surface area contributed by atoms with Crippen LogP contribution in [0.5, 0.6) is 0 Å². The van der Waals surface area contributed by atoms with E-state index in [1.807, 2.05) is 18.2 Å². The Hall–Kier alpha value is -1.68. The number of benzene rings is 1. The van der Waals surface area contributed by atoms with E-state index in [-0.39, 0.29) is 0 Å². The summed E-state index contributed by atoms with van der Waals surface area (Å²) in [7, 11) is 0. The molecule has 0 aliphatic heterocycles. The van der Waals surface area contributed by atoms with Gasteiger partial charge in [-0.05, 0) is 25.0 Å². The second-order valence-electron chi connectivity index (χ2n) is 4.48. The molecular weight excluding hydrogens is 212 g/mol. The molecule has 1 saturated carbocycles. The standard InChI is InChI=1S/C13H16N4/c14-9-12-15-16-13(10-5-4-6-10)17(12)11-7-2-1-3-8-11/h1-3,7-8,10H,4-6,9,14H2. The number of rotatable bonds is 3. The zero-order valence-corrected chi connectivity index (χ0v) is 9.71. The summed E-state index contributed by atoms with van der Waals surface area (Å²) in [6.45, 7) is 0.425. The molecule has 0 radical (unpaired) electrons. The van der Waals surface area contributed by atoms with Crippen molar-refractivity contribution in [2.45, 2.75) is 31.7 Å². The van der Waals surface area contributed by atoms with Gasteiger partial charge in [0.2, 0.25) is 0 Å². The maximum atomic E-state index is 5.74.